The summed E-state index contributed by atoms with van der Waals surface area (Å²) >= 11 is 0. The lowest BCUT2D eigenvalue weighted by atomic mass is 10.0. The largest absolute Gasteiger partial charge is 0.508 e. The summed E-state index contributed by atoms with van der Waals surface area (Å²) in [7, 11) is 0. The van der Waals surface area contributed by atoms with E-state index >= 15 is 0 Å². The standard InChI is InChI=1S/C22H19FN4O.ClH/c23-17-7-3-15(4-8-17)19-20(16-5-9-18(28)10-6-16)27-14-11-24-21(22(27)25-19)26-12-1-2-13-26;/h3-11,14,28H,1-2,12-13H2;1H. The van der Waals surface area contributed by atoms with Gasteiger partial charge in [0.1, 0.15) is 11.6 Å². The van der Waals surface area contributed by atoms with Gasteiger partial charge in [0.2, 0.25) is 0 Å². The van der Waals surface area contributed by atoms with Gasteiger partial charge < -0.3 is 10.0 Å². The van der Waals surface area contributed by atoms with Crippen LogP contribution in [0.5, 0.6) is 5.75 Å². The lowest BCUT2D eigenvalue weighted by Crippen LogP contribution is -2.19. The summed E-state index contributed by atoms with van der Waals surface area (Å²) in [6.45, 7) is 1.94. The van der Waals surface area contributed by atoms with Gasteiger partial charge in [-0.1, -0.05) is 0 Å². The van der Waals surface area contributed by atoms with Crippen LogP contribution < -0.4 is 4.90 Å². The lowest BCUT2D eigenvalue weighted by Gasteiger charge is -2.16. The third-order valence-corrected chi connectivity index (χ3v) is 5.19. The van der Waals surface area contributed by atoms with E-state index in [1.807, 2.05) is 22.7 Å². The second-order valence-corrected chi connectivity index (χ2v) is 7.00. The van der Waals surface area contributed by atoms with Crippen molar-refractivity contribution < 1.29 is 9.50 Å². The van der Waals surface area contributed by atoms with Crippen LogP contribution in [-0.2, 0) is 0 Å². The number of imidazole rings is 1. The molecule has 0 amide bonds. The van der Waals surface area contributed by atoms with Crippen LogP contribution in [0.3, 0.4) is 0 Å². The van der Waals surface area contributed by atoms with E-state index in [4.69, 9.17) is 4.98 Å². The number of phenols is 1. The molecule has 1 aliphatic rings. The summed E-state index contributed by atoms with van der Waals surface area (Å²) in [6, 6.07) is 13.4. The molecule has 2 aromatic carbocycles. The van der Waals surface area contributed by atoms with Crippen LogP contribution >= 0.6 is 12.4 Å². The molecule has 5 rings (SSSR count). The molecule has 0 atom stereocenters. The minimum atomic E-state index is -0.280. The van der Waals surface area contributed by atoms with Gasteiger partial charge in [0.15, 0.2) is 11.5 Å². The Morgan fingerprint density at radius 1 is 0.897 bits per heavy atom. The first-order valence-electron chi connectivity index (χ1n) is 9.38. The highest BCUT2D eigenvalue weighted by molar-refractivity contribution is 5.85. The molecule has 7 heteroatoms. The number of hydrogen-bond donors (Lipinski definition) is 1. The van der Waals surface area contributed by atoms with Crippen LogP contribution in [0.4, 0.5) is 10.2 Å². The van der Waals surface area contributed by atoms with Gasteiger partial charge in [-0.3, -0.25) is 4.40 Å². The topological polar surface area (TPSA) is 53.7 Å². The fraction of sp³-hybridized carbons (Fsp3) is 0.182. The van der Waals surface area contributed by atoms with Crippen LogP contribution in [-0.4, -0.2) is 32.6 Å². The molecule has 4 aromatic rings. The fourth-order valence-corrected chi connectivity index (χ4v) is 3.82. The molecular weight excluding hydrogens is 391 g/mol. The quantitative estimate of drug-likeness (QED) is 0.520. The Morgan fingerprint density at radius 2 is 1.55 bits per heavy atom. The molecule has 148 valence electrons. The van der Waals surface area contributed by atoms with E-state index in [-0.39, 0.29) is 24.0 Å². The summed E-state index contributed by atoms with van der Waals surface area (Å²) in [5.41, 5.74) is 4.19. The molecule has 3 heterocycles. The van der Waals surface area contributed by atoms with Crippen molar-refractivity contribution in [3.63, 3.8) is 0 Å². The third kappa shape index (κ3) is 3.40. The van der Waals surface area contributed by atoms with E-state index in [0.29, 0.717) is 0 Å². The zero-order valence-corrected chi connectivity index (χ0v) is 16.4. The van der Waals surface area contributed by atoms with E-state index in [1.165, 1.54) is 12.1 Å². The third-order valence-electron chi connectivity index (χ3n) is 5.19. The highest BCUT2D eigenvalue weighted by atomic mass is 35.5. The van der Waals surface area contributed by atoms with Crippen molar-refractivity contribution in [2.45, 2.75) is 12.8 Å². The van der Waals surface area contributed by atoms with Crippen molar-refractivity contribution in [1.29, 1.82) is 0 Å². The number of rotatable bonds is 3. The van der Waals surface area contributed by atoms with Gasteiger partial charge in [0.05, 0.1) is 11.4 Å². The van der Waals surface area contributed by atoms with Crippen molar-refractivity contribution in [2.75, 3.05) is 18.0 Å². The average molecular weight is 411 g/mol. The van der Waals surface area contributed by atoms with Crippen LogP contribution in [0.25, 0.3) is 28.2 Å². The Kier molecular flexibility index (Phi) is 5.11. The molecule has 5 nitrogen and oxygen atoms in total. The predicted molar refractivity (Wildman–Crippen MR) is 114 cm³/mol. The first kappa shape index (κ1) is 19.2. The zero-order valence-electron chi connectivity index (χ0n) is 15.6. The van der Waals surface area contributed by atoms with Crippen molar-refractivity contribution >= 4 is 23.9 Å². The predicted octanol–water partition coefficient (Wildman–Crippen LogP) is 4.93. The van der Waals surface area contributed by atoms with Gasteiger partial charge in [-0.05, 0) is 61.4 Å². The molecule has 1 fully saturated rings. The van der Waals surface area contributed by atoms with Gasteiger partial charge in [-0.25, -0.2) is 14.4 Å². The van der Waals surface area contributed by atoms with E-state index in [1.54, 1.807) is 30.5 Å². The summed E-state index contributed by atoms with van der Waals surface area (Å²) in [4.78, 5) is 11.8. The highest BCUT2D eigenvalue weighted by Crippen LogP contribution is 2.36. The maximum absolute atomic E-state index is 13.5. The normalized spacial score (nSPS) is 13.6. The molecule has 1 aliphatic heterocycles. The zero-order chi connectivity index (χ0) is 19.1. The van der Waals surface area contributed by atoms with E-state index in [0.717, 1.165) is 59.9 Å². The second-order valence-electron chi connectivity index (χ2n) is 7.00. The Hall–Kier alpha value is -3.12. The molecule has 0 spiro atoms. The van der Waals surface area contributed by atoms with Crippen molar-refractivity contribution in [1.82, 2.24) is 14.4 Å². The van der Waals surface area contributed by atoms with Crippen molar-refractivity contribution in [2.24, 2.45) is 0 Å². The van der Waals surface area contributed by atoms with Gasteiger partial charge in [-0.15, -0.1) is 12.4 Å². The van der Waals surface area contributed by atoms with Gasteiger partial charge >= 0.3 is 0 Å². The molecule has 0 radical (unpaired) electrons. The summed E-state index contributed by atoms with van der Waals surface area (Å²) in [6.07, 6.45) is 6.00. The Bertz CT molecular complexity index is 1140. The molecule has 29 heavy (non-hydrogen) atoms. The number of aromatic nitrogens is 3. The molecule has 0 unspecified atom stereocenters. The first-order chi connectivity index (χ1) is 13.7. The Balaban J connectivity index is 0.00000205. The number of aromatic hydroxyl groups is 1. The minimum Gasteiger partial charge on any atom is -0.508 e. The van der Waals surface area contributed by atoms with Gasteiger partial charge in [0.25, 0.3) is 0 Å². The van der Waals surface area contributed by atoms with Crippen LogP contribution in [0, 0.1) is 5.82 Å². The Labute approximate surface area is 173 Å². The molecule has 1 saturated heterocycles. The highest BCUT2D eigenvalue weighted by Gasteiger charge is 2.22. The fourth-order valence-electron chi connectivity index (χ4n) is 3.82. The number of benzene rings is 2. The number of nitrogens with zero attached hydrogens (tertiary/aromatic N) is 4. The molecule has 0 aliphatic carbocycles. The summed E-state index contributed by atoms with van der Waals surface area (Å²) < 4.78 is 15.5. The maximum atomic E-state index is 13.5. The first-order valence-corrected chi connectivity index (χ1v) is 9.38. The monoisotopic (exact) mass is 410 g/mol. The summed E-state index contributed by atoms with van der Waals surface area (Å²) in [5, 5.41) is 9.69. The second kappa shape index (κ2) is 7.72. The van der Waals surface area contributed by atoms with Gasteiger partial charge in [-0.2, -0.15) is 0 Å². The van der Waals surface area contributed by atoms with Crippen molar-refractivity contribution in [3.8, 4) is 28.3 Å². The number of phenolic OH excluding ortho intramolecular Hbond substituents is 1. The smallest absolute Gasteiger partial charge is 0.181 e. The van der Waals surface area contributed by atoms with E-state index in [2.05, 4.69) is 9.88 Å². The van der Waals surface area contributed by atoms with Crippen LogP contribution in [0.1, 0.15) is 12.8 Å². The molecular formula is C22H20ClFN4O. The molecule has 2 aromatic heterocycles. The maximum Gasteiger partial charge on any atom is 0.181 e. The van der Waals surface area contributed by atoms with Crippen LogP contribution in [0.2, 0.25) is 0 Å². The molecule has 0 saturated carbocycles. The molecule has 0 bridgehead atoms. The Morgan fingerprint density at radius 3 is 2.24 bits per heavy atom. The number of fused-ring (bicyclic) bond motifs is 1. The SMILES string of the molecule is Cl.Oc1ccc(-c2c(-c3ccc(F)cc3)nc3c(N4CCCC4)nccn23)cc1. The lowest BCUT2D eigenvalue weighted by molar-refractivity contribution is 0.475. The van der Waals surface area contributed by atoms with E-state index in [9.17, 15) is 9.50 Å². The molecule has 1 N–H and O–H groups in total. The minimum absolute atomic E-state index is 0. The van der Waals surface area contributed by atoms with Gasteiger partial charge in [0, 0.05) is 36.6 Å². The van der Waals surface area contributed by atoms with Crippen molar-refractivity contribution in [3.05, 3.63) is 66.7 Å². The van der Waals surface area contributed by atoms with Crippen LogP contribution in [0.15, 0.2) is 60.9 Å². The average Bonchev–Trinajstić information content (AvgIpc) is 3.37. The summed E-state index contributed by atoms with van der Waals surface area (Å²) in [5.74, 6) is 0.798. The number of anilines is 1. The number of hydrogen-bond acceptors (Lipinski definition) is 4. The number of halogens is 2. The van der Waals surface area contributed by atoms with E-state index < -0.39 is 0 Å².